The van der Waals surface area contributed by atoms with Gasteiger partial charge in [0.15, 0.2) is 0 Å². The van der Waals surface area contributed by atoms with Crippen LogP contribution in [0.25, 0.3) is 10.8 Å². The van der Waals surface area contributed by atoms with E-state index in [1.165, 1.54) is 0 Å². The molecule has 0 saturated carbocycles. The summed E-state index contributed by atoms with van der Waals surface area (Å²) in [7, 11) is 0. The maximum Gasteiger partial charge on any atom is 0.257 e. The number of carbonyl (C=O) groups excluding carboxylic acids is 1. The Balaban J connectivity index is 1.95. The lowest BCUT2D eigenvalue weighted by Gasteiger charge is -2.35. The average molecular weight is 285 g/mol. The van der Waals surface area contributed by atoms with Gasteiger partial charge in [-0.15, -0.1) is 0 Å². The van der Waals surface area contributed by atoms with Crippen molar-refractivity contribution in [2.75, 3.05) is 13.1 Å². The molecule has 4 heteroatoms. The first kappa shape index (κ1) is 13.9. The monoisotopic (exact) mass is 285 g/mol. The Labute approximate surface area is 123 Å². The van der Waals surface area contributed by atoms with Crippen LogP contribution in [0.15, 0.2) is 36.4 Å². The van der Waals surface area contributed by atoms with Crippen LogP contribution in [0, 0.1) is 0 Å². The molecule has 2 atom stereocenters. The predicted octanol–water partition coefficient (Wildman–Crippen LogP) is 2.79. The number of phenolic OH excluding ortho intramolecular Hbond substituents is 1. The third kappa shape index (κ3) is 2.72. The number of ether oxygens (including phenoxy) is 1. The van der Waals surface area contributed by atoms with E-state index >= 15 is 0 Å². The van der Waals surface area contributed by atoms with Crippen molar-refractivity contribution in [3.63, 3.8) is 0 Å². The highest BCUT2D eigenvalue weighted by Crippen LogP contribution is 2.27. The number of aromatic hydroxyl groups is 1. The number of morpholine rings is 1. The number of hydrogen-bond acceptors (Lipinski definition) is 3. The molecule has 1 saturated heterocycles. The number of rotatable bonds is 1. The molecule has 2 aromatic carbocycles. The zero-order valence-electron chi connectivity index (χ0n) is 12.2. The average Bonchev–Trinajstić information content (AvgIpc) is 2.44. The maximum atomic E-state index is 12.7. The largest absolute Gasteiger partial charge is 0.507 e. The minimum Gasteiger partial charge on any atom is -0.507 e. The lowest BCUT2D eigenvalue weighted by atomic mass is 10.0. The van der Waals surface area contributed by atoms with Crippen LogP contribution in [-0.2, 0) is 4.74 Å². The van der Waals surface area contributed by atoms with Crippen LogP contribution < -0.4 is 0 Å². The van der Waals surface area contributed by atoms with Crippen molar-refractivity contribution in [3.05, 3.63) is 42.0 Å². The Hall–Kier alpha value is -2.07. The summed E-state index contributed by atoms with van der Waals surface area (Å²) in [6.45, 7) is 5.01. The van der Waals surface area contributed by atoms with Crippen molar-refractivity contribution in [1.29, 1.82) is 0 Å². The molecule has 2 aromatic rings. The van der Waals surface area contributed by atoms with Gasteiger partial charge in [-0.25, -0.2) is 0 Å². The SMILES string of the molecule is C[C@@H]1CN(C(=O)c2cc3ccccc3cc2O)C[C@@H](C)O1. The molecule has 0 spiro atoms. The zero-order chi connectivity index (χ0) is 15.0. The minimum atomic E-state index is -0.139. The number of hydrogen-bond donors (Lipinski definition) is 1. The molecule has 3 rings (SSSR count). The molecule has 0 radical (unpaired) electrons. The van der Waals surface area contributed by atoms with Crippen molar-refractivity contribution in [3.8, 4) is 5.75 Å². The second-order valence-corrected chi connectivity index (χ2v) is 5.68. The molecule has 0 bridgehead atoms. The van der Waals surface area contributed by atoms with Gasteiger partial charge in [0.25, 0.3) is 5.91 Å². The van der Waals surface area contributed by atoms with Crippen LogP contribution in [0.2, 0.25) is 0 Å². The summed E-state index contributed by atoms with van der Waals surface area (Å²) in [5, 5.41) is 12.0. The van der Waals surface area contributed by atoms with Crippen LogP contribution >= 0.6 is 0 Å². The number of nitrogens with zero attached hydrogens (tertiary/aromatic N) is 1. The number of fused-ring (bicyclic) bond motifs is 1. The minimum absolute atomic E-state index is 0.0142. The van der Waals surface area contributed by atoms with E-state index in [1.807, 2.05) is 38.1 Å². The molecule has 1 aliphatic rings. The third-order valence-corrected chi connectivity index (χ3v) is 3.80. The Bertz CT molecular complexity index is 673. The first-order valence-electron chi connectivity index (χ1n) is 7.21. The highest BCUT2D eigenvalue weighted by atomic mass is 16.5. The van der Waals surface area contributed by atoms with Gasteiger partial charge < -0.3 is 14.7 Å². The summed E-state index contributed by atoms with van der Waals surface area (Å²) in [6, 6.07) is 11.1. The quantitative estimate of drug-likeness (QED) is 0.876. The first-order valence-corrected chi connectivity index (χ1v) is 7.21. The van der Waals surface area contributed by atoms with Gasteiger partial charge in [0, 0.05) is 13.1 Å². The first-order chi connectivity index (χ1) is 10.0. The fourth-order valence-corrected chi connectivity index (χ4v) is 2.91. The Morgan fingerprint density at radius 1 is 1.14 bits per heavy atom. The topological polar surface area (TPSA) is 49.8 Å². The summed E-state index contributed by atoms with van der Waals surface area (Å²) in [5.74, 6) is -0.106. The second-order valence-electron chi connectivity index (χ2n) is 5.68. The zero-order valence-corrected chi connectivity index (χ0v) is 12.2. The van der Waals surface area contributed by atoms with Gasteiger partial charge in [-0.05, 0) is 36.8 Å². The Morgan fingerprint density at radius 3 is 2.33 bits per heavy atom. The second kappa shape index (κ2) is 5.37. The van der Waals surface area contributed by atoms with Crippen LogP contribution in [0.3, 0.4) is 0 Å². The molecule has 0 aromatic heterocycles. The van der Waals surface area contributed by atoms with E-state index in [1.54, 1.807) is 17.0 Å². The molecule has 1 aliphatic heterocycles. The highest BCUT2D eigenvalue weighted by molar-refractivity contribution is 6.01. The van der Waals surface area contributed by atoms with E-state index in [0.717, 1.165) is 10.8 Å². The van der Waals surface area contributed by atoms with Crippen LogP contribution in [0.1, 0.15) is 24.2 Å². The van der Waals surface area contributed by atoms with Gasteiger partial charge in [-0.3, -0.25) is 4.79 Å². The number of phenols is 1. The predicted molar refractivity (Wildman–Crippen MR) is 81.5 cm³/mol. The van der Waals surface area contributed by atoms with E-state index < -0.39 is 0 Å². The molecule has 1 N–H and O–H groups in total. The van der Waals surface area contributed by atoms with Crippen LogP contribution in [-0.4, -0.2) is 41.2 Å². The van der Waals surface area contributed by atoms with Gasteiger partial charge in [-0.1, -0.05) is 24.3 Å². The van der Waals surface area contributed by atoms with Gasteiger partial charge >= 0.3 is 0 Å². The van der Waals surface area contributed by atoms with Gasteiger partial charge in [0.2, 0.25) is 0 Å². The van der Waals surface area contributed by atoms with Crippen molar-refractivity contribution in [1.82, 2.24) is 4.90 Å². The van der Waals surface area contributed by atoms with Crippen LogP contribution in [0.4, 0.5) is 0 Å². The third-order valence-electron chi connectivity index (χ3n) is 3.80. The summed E-state index contributed by atoms with van der Waals surface area (Å²) in [4.78, 5) is 14.4. The molecule has 1 heterocycles. The normalized spacial score (nSPS) is 22.5. The van der Waals surface area contributed by atoms with Crippen molar-refractivity contribution in [2.45, 2.75) is 26.1 Å². The van der Waals surface area contributed by atoms with Crippen molar-refractivity contribution >= 4 is 16.7 Å². The Morgan fingerprint density at radius 2 is 1.71 bits per heavy atom. The van der Waals surface area contributed by atoms with E-state index in [9.17, 15) is 9.90 Å². The number of benzene rings is 2. The highest BCUT2D eigenvalue weighted by Gasteiger charge is 2.28. The van der Waals surface area contributed by atoms with E-state index in [2.05, 4.69) is 0 Å². The van der Waals surface area contributed by atoms with Crippen molar-refractivity contribution < 1.29 is 14.6 Å². The molecule has 110 valence electrons. The lowest BCUT2D eigenvalue weighted by molar-refractivity contribution is -0.0586. The van der Waals surface area contributed by atoms with Crippen molar-refractivity contribution in [2.24, 2.45) is 0 Å². The number of amides is 1. The fraction of sp³-hybridized carbons (Fsp3) is 0.353. The summed E-state index contributed by atoms with van der Waals surface area (Å²) < 4.78 is 5.65. The van der Waals surface area contributed by atoms with Gasteiger partial charge in [0.1, 0.15) is 5.75 Å². The van der Waals surface area contributed by atoms with Gasteiger partial charge in [0.05, 0.1) is 17.8 Å². The Kier molecular flexibility index (Phi) is 3.55. The van der Waals surface area contributed by atoms with E-state index in [0.29, 0.717) is 18.7 Å². The summed E-state index contributed by atoms with van der Waals surface area (Å²) in [5.41, 5.74) is 0.356. The molecule has 4 nitrogen and oxygen atoms in total. The summed E-state index contributed by atoms with van der Waals surface area (Å²) in [6.07, 6.45) is 0.0283. The maximum absolute atomic E-state index is 12.7. The standard InChI is InChI=1S/C17H19NO3/c1-11-9-18(10-12(2)21-11)17(20)15-7-13-5-3-4-6-14(13)8-16(15)19/h3-8,11-12,19H,9-10H2,1-2H3/t11-,12-/m1/s1. The fourth-order valence-electron chi connectivity index (χ4n) is 2.91. The lowest BCUT2D eigenvalue weighted by Crippen LogP contribution is -2.48. The molecular weight excluding hydrogens is 266 g/mol. The van der Waals surface area contributed by atoms with E-state index in [4.69, 9.17) is 4.74 Å². The molecule has 21 heavy (non-hydrogen) atoms. The molecular formula is C17H19NO3. The smallest absolute Gasteiger partial charge is 0.257 e. The number of carbonyl (C=O) groups is 1. The van der Waals surface area contributed by atoms with Gasteiger partial charge in [-0.2, -0.15) is 0 Å². The van der Waals surface area contributed by atoms with E-state index in [-0.39, 0.29) is 23.9 Å². The molecule has 1 fully saturated rings. The summed E-state index contributed by atoms with van der Waals surface area (Å²) >= 11 is 0. The molecule has 0 aliphatic carbocycles. The molecule has 0 unspecified atom stereocenters. The van der Waals surface area contributed by atoms with Crippen LogP contribution in [0.5, 0.6) is 5.75 Å². The molecule has 1 amide bonds.